The predicted octanol–water partition coefficient (Wildman–Crippen LogP) is 15.0. The highest BCUT2D eigenvalue weighted by molar-refractivity contribution is 6.08. The Morgan fingerprint density at radius 3 is 1.27 bits per heavy atom. The summed E-state index contributed by atoms with van der Waals surface area (Å²) in [7, 11) is 0. The van der Waals surface area contributed by atoms with Crippen LogP contribution in [0.25, 0.3) is 105 Å². The van der Waals surface area contributed by atoms with Gasteiger partial charge in [0.2, 0.25) is 0 Å². The molecule has 0 radical (unpaired) electrons. The minimum atomic E-state index is 0.589. The van der Waals surface area contributed by atoms with Crippen LogP contribution >= 0.6 is 0 Å². The summed E-state index contributed by atoms with van der Waals surface area (Å²) < 4.78 is 0. The van der Waals surface area contributed by atoms with E-state index in [1.165, 1.54) is 43.8 Å². The lowest BCUT2D eigenvalue weighted by Crippen LogP contribution is -2.00. The van der Waals surface area contributed by atoms with Crippen molar-refractivity contribution in [3.63, 3.8) is 0 Å². The number of rotatable bonds is 7. The summed E-state index contributed by atoms with van der Waals surface area (Å²) in [5.41, 5.74) is 14.3. The number of aromatic nitrogens is 3. The number of fused-ring (bicyclic) bond motifs is 3. The molecule has 0 fully saturated rings. The highest BCUT2D eigenvalue weighted by Crippen LogP contribution is 2.36. The van der Waals surface area contributed by atoms with Gasteiger partial charge in [-0.1, -0.05) is 169 Å². The molecule has 4 nitrogen and oxygen atoms in total. The molecule has 282 valence electrons. The molecule has 1 aromatic heterocycles. The lowest BCUT2D eigenvalue weighted by atomic mass is 9.93. The molecular weight excluding hydrogens is 729 g/mol. The van der Waals surface area contributed by atoms with Crippen molar-refractivity contribution in [2.45, 2.75) is 13.8 Å². The van der Waals surface area contributed by atoms with Gasteiger partial charge >= 0.3 is 0 Å². The van der Waals surface area contributed by atoms with E-state index in [0.717, 1.165) is 50.1 Å². The normalized spacial score (nSPS) is 11.2. The first kappa shape index (κ1) is 36.3. The SMILES string of the molecule is [C-]#[N+]c1cc(-c2ccc(-c3nc(-c4ccc(C)cc4)nc(-c4ccc(C)cc4)n3)cc2)cc(-c2cccc(-c3cccc(-c4ccc5c(ccc6ccccc65)c4)c3)c2)c1. The van der Waals surface area contributed by atoms with Gasteiger partial charge in [0.1, 0.15) is 0 Å². The van der Waals surface area contributed by atoms with Crippen molar-refractivity contribution in [3.05, 3.63) is 217 Å². The molecule has 4 heteroatoms. The third-order valence-corrected chi connectivity index (χ3v) is 11.2. The molecule has 0 spiro atoms. The van der Waals surface area contributed by atoms with E-state index >= 15 is 0 Å². The van der Waals surface area contributed by atoms with Gasteiger partial charge in [0.05, 0.1) is 6.57 Å². The number of nitrogens with zero attached hydrogens (tertiary/aromatic N) is 4. The van der Waals surface area contributed by atoms with Gasteiger partial charge in [-0.15, -0.1) is 0 Å². The van der Waals surface area contributed by atoms with Crippen molar-refractivity contribution < 1.29 is 0 Å². The Morgan fingerprint density at radius 2 is 0.717 bits per heavy atom. The minimum absolute atomic E-state index is 0.589. The van der Waals surface area contributed by atoms with Gasteiger partial charge in [-0.2, -0.15) is 0 Å². The van der Waals surface area contributed by atoms with E-state index in [9.17, 15) is 0 Å². The van der Waals surface area contributed by atoms with Crippen LogP contribution in [0.15, 0.2) is 194 Å². The van der Waals surface area contributed by atoms with Gasteiger partial charge < -0.3 is 0 Å². The summed E-state index contributed by atoms with van der Waals surface area (Å²) in [4.78, 5) is 18.7. The Bertz CT molecular complexity index is 3200. The molecule has 60 heavy (non-hydrogen) atoms. The van der Waals surface area contributed by atoms with Gasteiger partial charge in [-0.25, -0.2) is 19.8 Å². The van der Waals surface area contributed by atoms with Crippen molar-refractivity contribution in [3.8, 4) is 78.7 Å². The summed E-state index contributed by atoms with van der Waals surface area (Å²) in [6, 6.07) is 68.0. The lowest BCUT2D eigenvalue weighted by Gasteiger charge is -2.12. The van der Waals surface area contributed by atoms with E-state index in [1.54, 1.807) is 0 Å². The predicted molar refractivity (Wildman–Crippen MR) is 249 cm³/mol. The van der Waals surface area contributed by atoms with Crippen LogP contribution in [-0.2, 0) is 0 Å². The van der Waals surface area contributed by atoms with Crippen LogP contribution in [0.1, 0.15) is 11.1 Å². The maximum Gasteiger partial charge on any atom is 0.188 e. The molecule has 0 atom stereocenters. The van der Waals surface area contributed by atoms with Crippen LogP contribution in [0.4, 0.5) is 5.69 Å². The molecule has 0 aliphatic rings. The summed E-state index contributed by atoms with van der Waals surface area (Å²) in [6.45, 7) is 12.1. The average Bonchev–Trinajstić information content (AvgIpc) is 3.31. The Kier molecular flexibility index (Phi) is 9.33. The van der Waals surface area contributed by atoms with Crippen LogP contribution in [0.2, 0.25) is 0 Å². The summed E-state index contributed by atoms with van der Waals surface area (Å²) in [5, 5.41) is 5.02. The summed E-state index contributed by atoms with van der Waals surface area (Å²) in [6.07, 6.45) is 0. The molecule has 0 unspecified atom stereocenters. The molecule has 1 heterocycles. The molecular formula is C56H38N4. The molecule has 0 aliphatic carbocycles. The number of benzene rings is 9. The molecule has 0 N–H and O–H groups in total. The standard InChI is InChI=1S/C56H38N4/c1-36-14-18-40(19-15-36)54-58-55(41-20-16-37(2)17-21-41)60-56(59-54)42-25-22-38(23-26-42)49-33-50(35-51(34-49)57-3)46-12-7-10-44(31-46)43-9-6-11-45(30-43)47-28-29-53-48(32-47)27-24-39-8-4-5-13-52(39)53/h4-35H,1-2H3. The highest BCUT2D eigenvalue weighted by Gasteiger charge is 2.14. The molecule has 10 aromatic rings. The first-order chi connectivity index (χ1) is 29.4. The molecule has 0 saturated carbocycles. The fourth-order valence-corrected chi connectivity index (χ4v) is 7.94. The van der Waals surface area contributed by atoms with E-state index in [2.05, 4.69) is 201 Å². The Hall–Kier alpha value is -8.00. The Balaban J connectivity index is 0.963. The number of aryl methyl sites for hydroxylation is 2. The second-order valence-electron chi connectivity index (χ2n) is 15.4. The van der Waals surface area contributed by atoms with E-state index in [4.69, 9.17) is 21.5 Å². The molecule has 0 amide bonds. The molecule has 0 bridgehead atoms. The lowest BCUT2D eigenvalue weighted by molar-refractivity contribution is 1.07. The zero-order chi connectivity index (χ0) is 40.6. The van der Waals surface area contributed by atoms with Crippen LogP contribution in [-0.4, -0.2) is 15.0 Å². The van der Waals surface area contributed by atoms with E-state index < -0.39 is 0 Å². The Morgan fingerprint density at radius 1 is 0.317 bits per heavy atom. The van der Waals surface area contributed by atoms with Crippen molar-refractivity contribution in [1.82, 2.24) is 15.0 Å². The van der Waals surface area contributed by atoms with Crippen molar-refractivity contribution in [2.24, 2.45) is 0 Å². The Labute approximate surface area is 350 Å². The van der Waals surface area contributed by atoms with E-state index in [0.29, 0.717) is 23.2 Å². The first-order valence-electron chi connectivity index (χ1n) is 20.1. The maximum atomic E-state index is 7.99. The monoisotopic (exact) mass is 766 g/mol. The van der Waals surface area contributed by atoms with E-state index in [-0.39, 0.29) is 0 Å². The molecule has 0 saturated heterocycles. The van der Waals surface area contributed by atoms with Crippen molar-refractivity contribution >= 4 is 27.2 Å². The van der Waals surface area contributed by atoms with Crippen LogP contribution < -0.4 is 0 Å². The zero-order valence-corrected chi connectivity index (χ0v) is 33.3. The van der Waals surface area contributed by atoms with Gasteiger partial charge in [0.15, 0.2) is 23.2 Å². The smallest absolute Gasteiger partial charge is 0.188 e. The van der Waals surface area contributed by atoms with Crippen molar-refractivity contribution in [1.29, 1.82) is 0 Å². The second-order valence-corrected chi connectivity index (χ2v) is 15.4. The van der Waals surface area contributed by atoms with Crippen molar-refractivity contribution in [2.75, 3.05) is 0 Å². The van der Waals surface area contributed by atoms with Crippen LogP contribution in [0.5, 0.6) is 0 Å². The minimum Gasteiger partial charge on any atom is -0.238 e. The van der Waals surface area contributed by atoms with E-state index in [1.807, 2.05) is 12.1 Å². The largest absolute Gasteiger partial charge is 0.238 e. The van der Waals surface area contributed by atoms with Gasteiger partial charge in [-0.05, 0) is 116 Å². The molecule has 0 aliphatic heterocycles. The third kappa shape index (κ3) is 7.21. The molecule has 10 rings (SSSR count). The number of hydrogen-bond donors (Lipinski definition) is 0. The highest BCUT2D eigenvalue weighted by atomic mass is 15.0. The zero-order valence-electron chi connectivity index (χ0n) is 33.3. The average molecular weight is 767 g/mol. The van der Waals surface area contributed by atoms with Crippen LogP contribution in [0, 0.1) is 20.4 Å². The maximum absolute atomic E-state index is 7.99. The first-order valence-corrected chi connectivity index (χ1v) is 20.1. The fraction of sp³-hybridized carbons (Fsp3) is 0.0357. The number of hydrogen-bond acceptors (Lipinski definition) is 3. The second kappa shape index (κ2) is 15.4. The van der Waals surface area contributed by atoms with Gasteiger partial charge in [0.25, 0.3) is 0 Å². The fourth-order valence-electron chi connectivity index (χ4n) is 7.94. The summed E-state index contributed by atoms with van der Waals surface area (Å²) in [5.74, 6) is 1.87. The quantitative estimate of drug-likeness (QED) is 0.120. The summed E-state index contributed by atoms with van der Waals surface area (Å²) >= 11 is 0. The van der Waals surface area contributed by atoms with Gasteiger partial charge in [-0.3, -0.25) is 0 Å². The van der Waals surface area contributed by atoms with Crippen LogP contribution in [0.3, 0.4) is 0 Å². The third-order valence-electron chi connectivity index (χ3n) is 11.2. The molecule has 9 aromatic carbocycles. The van der Waals surface area contributed by atoms with Gasteiger partial charge in [0, 0.05) is 16.7 Å². The topological polar surface area (TPSA) is 43.0 Å².